The Morgan fingerprint density at radius 2 is 2.13 bits per heavy atom. The number of hydrogen-bond donors (Lipinski definition) is 2. The number of urea groups is 1. The molecular formula is C15H17FN4O2S. The van der Waals surface area contributed by atoms with Crippen LogP contribution in [0.5, 0.6) is 0 Å². The van der Waals surface area contributed by atoms with Crippen LogP contribution < -0.4 is 11.1 Å². The van der Waals surface area contributed by atoms with Gasteiger partial charge in [0.05, 0.1) is 10.9 Å². The number of nitrogens with one attached hydrogen (secondary N) is 1. The Bertz CT molecular complexity index is 717. The smallest absolute Gasteiger partial charge is 0.318 e. The molecule has 1 aromatic heterocycles. The van der Waals surface area contributed by atoms with Crippen LogP contribution >= 0.6 is 11.8 Å². The van der Waals surface area contributed by atoms with Gasteiger partial charge in [-0.3, -0.25) is 14.7 Å². The normalized spacial score (nSPS) is 12.2. The predicted molar refractivity (Wildman–Crippen MR) is 85.7 cm³/mol. The van der Waals surface area contributed by atoms with E-state index in [9.17, 15) is 14.0 Å². The first-order valence-electron chi connectivity index (χ1n) is 6.94. The second-order valence-corrected chi connectivity index (χ2v) is 6.30. The summed E-state index contributed by atoms with van der Waals surface area (Å²) in [4.78, 5) is 27.2. The van der Waals surface area contributed by atoms with Gasteiger partial charge in [0.25, 0.3) is 0 Å². The summed E-state index contributed by atoms with van der Waals surface area (Å²) in [5.74, 6) is -0.901. The number of nitrogens with zero attached hydrogens (tertiary/aromatic N) is 2. The van der Waals surface area contributed by atoms with E-state index >= 15 is 0 Å². The number of imide groups is 1. The Kier molecular flexibility index (Phi) is 5.38. The van der Waals surface area contributed by atoms with E-state index in [0.717, 1.165) is 0 Å². The van der Waals surface area contributed by atoms with Gasteiger partial charge in [-0.05, 0) is 24.1 Å². The highest BCUT2D eigenvalue weighted by Gasteiger charge is 2.26. The lowest BCUT2D eigenvalue weighted by atomic mass is 10.1. The predicted octanol–water partition coefficient (Wildman–Crippen LogP) is 2.32. The molecule has 1 heterocycles. The lowest BCUT2D eigenvalue weighted by Crippen LogP contribution is -2.42. The SMILES string of the molecule is CC(C)C(Sc1nccn1-c1cccc(F)c1)C(=O)NC(N)=O. The number of aromatic nitrogens is 2. The molecule has 1 aromatic carbocycles. The van der Waals surface area contributed by atoms with Gasteiger partial charge in [0.15, 0.2) is 5.16 Å². The van der Waals surface area contributed by atoms with Gasteiger partial charge in [-0.25, -0.2) is 14.2 Å². The molecule has 8 heteroatoms. The molecule has 23 heavy (non-hydrogen) atoms. The molecule has 2 aromatic rings. The lowest BCUT2D eigenvalue weighted by Gasteiger charge is -2.19. The number of imidazole rings is 1. The summed E-state index contributed by atoms with van der Waals surface area (Å²) in [5, 5.41) is 2.05. The average Bonchev–Trinajstić information content (AvgIpc) is 2.91. The molecule has 0 aliphatic rings. The topological polar surface area (TPSA) is 90.0 Å². The van der Waals surface area contributed by atoms with Crippen molar-refractivity contribution in [3.05, 3.63) is 42.5 Å². The molecule has 0 saturated carbocycles. The van der Waals surface area contributed by atoms with Gasteiger partial charge >= 0.3 is 6.03 Å². The van der Waals surface area contributed by atoms with E-state index < -0.39 is 17.2 Å². The number of amides is 3. The lowest BCUT2D eigenvalue weighted by molar-refractivity contribution is -0.120. The quantitative estimate of drug-likeness (QED) is 0.820. The Balaban J connectivity index is 2.27. The number of primary amides is 1. The van der Waals surface area contributed by atoms with Crippen LogP contribution in [0.2, 0.25) is 0 Å². The maximum atomic E-state index is 13.4. The molecule has 0 saturated heterocycles. The number of halogens is 1. The minimum atomic E-state index is -0.894. The number of rotatable bonds is 5. The van der Waals surface area contributed by atoms with Gasteiger partial charge < -0.3 is 5.73 Å². The van der Waals surface area contributed by atoms with Crippen LogP contribution in [-0.2, 0) is 4.79 Å². The van der Waals surface area contributed by atoms with Crippen LogP contribution in [0.3, 0.4) is 0 Å². The summed E-state index contributed by atoms with van der Waals surface area (Å²) < 4.78 is 15.1. The van der Waals surface area contributed by atoms with Crippen LogP contribution in [0.25, 0.3) is 5.69 Å². The molecule has 0 bridgehead atoms. The molecule has 0 fully saturated rings. The van der Waals surface area contributed by atoms with E-state index in [2.05, 4.69) is 10.3 Å². The summed E-state index contributed by atoms with van der Waals surface area (Å²) in [6.45, 7) is 3.71. The van der Waals surface area contributed by atoms with Crippen molar-refractivity contribution in [2.45, 2.75) is 24.3 Å². The summed E-state index contributed by atoms with van der Waals surface area (Å²) in [5.41, 5.74) is 5.60. The third kappa shape index (κ3) is 4.32. The minimum absolute atomic E-state index is 0.0583. The Morgan fingerprint density at radius 1 is 1.39 bits per heavy atom. The second kappa shape index (κ2) is 7.28. The molecule has 0 radical (unpaired) electrons. The van der Waals surface area contributed by atoms with Crippen molar-refractivity contribution >= 4 is 23.7 Å². The molecule has 0 aliphatic carbocycles. The average molecular weight is 336 g/mol. The fraction of sp³-hybridized carbons (Fsp3) is 0.267. The maximum Gasteiger partial charge on any atom is 0.318 e. The molecule has 122 valence electrons. The molecule has 0 spiro atoms. The minimum Gasteiger partial charge on any atom is -0.351 e. The van der Waals surface area contributed by atoms with Crippen LogP contribution in [0, 0.1) is 11.7 Å². The van der Waals surface area contributed by atoms with Crippen LogP contribution in [0.15, 0.2) is 41.8 Å². The fourth-order valence-corrected chi connectivity index (χ4v) is 3.06. The van der Waals surface area contributed by atoms with E-state index in [1.807, 2.05) is 13.8 Å². The number of carbonyl (C=O) groups is 2. The third-order valence-electron chi connectivity index (χ3n) is 3.04. The van der Waals surface area contributed by atoms with Crippen LogP contribution in [-0.4, -0.2) is 26.7 Å². The van der Waals surface area contributed by atoms with E-state index in [1.54, 1.807) is 29.1 Å². The van der Waals surface area contributed by atoms with Gasteiger partial charge in [-0.1, -0.05) is 31.7 Å². The first-order chi connectivity index (χ1) is 10.9. The summed E-state index contributed by atoms with van der Waals surface area (Å²) in [7, 11) is 0. The van der Waals surface area contributed by atoms with Gasteiger partial charge in [-0.15, -0.1) is 0 Å². The molecule has 1 atom stereocenters. The van der Waals surface area contributed by atoms with E-state index in [0.29, 0.717) is 10.8 Å². The van der Waals surface area contributed by atoms with Crippen molar-refractivity contribution in [3.8, 4) is 5.69 Å². The first-order valence-corrected chi connectivity index (χ1v) is 7.82. The molecule has 3 amide bonds. The van der Waals surface area contributed by atoms with Crippen molar-refractivity contribution in [1.82, 2.24) is 14.9 Å². The van der Waals surface area contributed by atoms with E-state index in [-0.39, 0.29) is 11.7 Å². The molecular weight excluding hydrogens is 319 g/mol. The fourth-order valence-electron chi connectivity index (χ4n) is 2.00. The zero-order chi connectivity index (χ0) is 17.0. The number of nitrogens with two attached hydrogens (primary N) is 1. The van der Waals surface area contributed by atoms with Gasteiger partial charge in [0.2, 0.25) is 5.91 Å². The molecule has 3 N–H and O–H groups in total. The zero-order valence-corrected chi connectivity index (χ0v) is 13.5. The molecule has 2 rings (SSSR count). The van der Waals surface area contributed by atoms with Gasteiger partial charge in [0, 0.05) is 12.4 Å². The summed E-state index contributed by atoms with van der Waals surface area (Å²) >= 11 is 1.19. The second-order valence-electron chi connectivity index (χ2n) is 5.20. The van der Waals surface area contributed by atoms with Gasteiger partial charge in [0.1, 0.15) is 5.82 Å². The van der Waals surface area contributed by atoms with E-state index in [4.69, 9.17) is 5.73 Å². The highest BCUT2D eigenvalue weighted by Crippen LogP contribution is 2.29. The first kappa shape index (κ1) is 17.0. The van der Waals surface area contributed by atoms with Crippen LogP contribution in [0.4, 0.5) is 9.18 Å². The summed E-state index contributed by atoms with van der Waals surface area (Å²) in [6, 6.07) is 5.17. The third-order valence-corrected chi connectivity index (χ3v) is 4.56. The highest BCUT2D eigenvalue weighted by atomic mass is 32.2. The summed E-state index contributed by atoms with van der Waals surface area (Å²) in [6.07, 6.45) is 3.25. The van der Waals surface area contributed by atoms with E-state index in [1.165, 1.54) is 23.9 Å². The van der Waals surface area contributed by atoms with Gasteiger partial charge in [-0.2, -0.15) is 0 Å². The number of benzene rings is 1. The Hall–Kier alpha value is -2.35. The monoisotopic (exact) mass is 336 g/mol. The Morgan fingerprint density at radius 3 is 2.74 bits per heavy atom. The number of carbonyl (C=O) groups excluding carboxylic acids is 2. The number of hydrogen-bond acceptors (Lipinski definition) is 4. The van der Waals surface area contributed by atoms with Crippen molar-refractivity contribution in [2.24, 2.45) is 11.7 Å². The van der Waals surface area contributed by atoms with Crippen molar-refractivity contribution in [1.29, 1.82) is 0 Å². The van der Waals surface area contributed by atoms with Crippen molar-refractivity contribution in [3.63, 3.8) is 0 Å². The number of thioether (sulfide) groups is 1. The molecule has 0 aliphatic heterocycles. The molecule has 6 nitrogen and oxygen atoms in total. The van der Waals surface area contributed by atoms with Crippen molar-refractivity contribution in [2.75, 3.05) is 0 Å². The van der Waals surface area contributed by atoms with Crippen molar-refractivity contribution < 1.29 is 14.0 Å². The maximum absolute atomic E-state index is 13.4. The highest BCUT2D eigenvalue weighted by molar-refractivity contribution is 8.00. The van der Waals surface area contributed by atoms with Crippen LogP contribution in [0.1, 0.15) is 13.8 Å². The Labute approximate surface area is 137 Å². The molecule has 1 unspecified atom stereocenters. The standard InChI is InChI=1S/C15H17FN4O2S/c1-9(2)12(13(21)19-14(17)22)23-15-18-6-7-20(15)11-5-3-4-10(16)8-11/h3-9,12H,1-2H3,(H3,17,19,21,22). The zero-order valence-electron chi connectivity index (χ0n) is 12.7. The largest absolute Gasteiger partial charge is 0.351 e.